The molecule has 5 heteroatoms. The third kappa shape index (κ3) is 3.85. The molecule has 1 aromatic rings. The van der Waals surface area contributed by atoms with Crippen LogP contribution in [0.3, 0.4) is 0 Å². The Labute approximate surface area is 127 Å². The van der Waals surface area contributed by atoms with Gasteiger partial charge in [0.1, 0.15) is 0 Å². The van der Waals surface area contributed by atoms with Gasteiger partial charge in [-0.3, -0.25) is 0 Å². The lowest BCUT2D eigenvalue weighted by atomic mass is 9.96. The SMILES string of the molecule is CN(C1CCCCC1)S(=O)(=O)c1ccc(C#CCN)cc1. The molecule has 4 nitrogen and oxygen atoms in total. The molecule has 0 saturated heterocycles. The molecule has 0 radical (unpaired) electrons. The molecule has 1 aromatic carbocycles. The summed E-state index contributed by atoms with van der Waals surface area (Å²) in [5, 5.41) is 0. The summed E-state index contributed by atoms with van der Waals surface area (Å²) in [5.41, 5.74) is 6.10. The van der Waals surface area contributed by atoms with Crippen LogP contribution in [0.25, 0.3) is 0 Å². The minimum Gasteiger partial charge on any atom is -0.320 e. The molecule has 0 aliphatic heterocycles. The maximum atomic E-state index is 12.6. The molecule has 0 amide bonds. The third-order valence-electron chi connectivity index (χ3n) is 3.96. The summed E-state index contributed by atoms with van der Waals surface area (Å²) < 4.78 is 26.8. The van der Waals surface area contributed by atoms with Crippen molar-refractivity contribution < 1.29 is 8.42 Å². The predicted molar refractivity (Wildman–Crippen MR) is 84.2 cm³/mol. The summed E-state index contributed by atoms with van der Waals surface area (Å²) in [6, 6.07) is 6.82. The van der Waals surface area contributed by atoms with Crippen molar-refractivity contribution in [2.24, 2.45) is 5.73 Å². The van der Waals surface area contributed by atoms with Crippen LogP contribution in [0.4, 0.5) is 0 Å². The molecule has 0 bridgehead atoms. The van der Waals surface area contributed by atoms with Crippen LogP contribution in [0.15, 0.2) is 29.2 Å². The molecule has 2 N–H and O–H groups in total. The highest BCUT2D eigenvalue weighted by Crippen LogP contribution is 2.26. The molecular weight excluding hydrogens is 284 g/mol. The minimum absolute atomic E-state index is 0.125. The zero-order chi connectivity index (χ0) is 15.3. The number of rotatable bonds is 3. The first-order valence-electron chi connectivity index (χ1n) is 7.33. The van der Waals surface area contributed by atoms with Gasteiger partial charge in [-0.15, -0.1) is 0 Å². The van der Waals surface area contributed by atoms with Crippen molar-refractivity contribution in [3.05, 3.63) is 29.8 Å². The van der Waals surface area contributed by atoms with Crippen LogP contribution in [-0.2, 0) is 10.0 Å². The fourth-order valence-corrected chi connectivity index (χ4v) is 4.09. The summed E-state index contributed by atoms with van der Waals surface area (Å²) in [6.45, 7) is 0.296. The van der Waals surface area contributed by atoms with Crippen LogP contribution in [0.1, 0.15) is 37.7 Å². The van der Waals surface area contributed by atoms with Crippen LogP contribution < -0.4 is 5.73 Å². The van der Waals surface area contributed by atoms with Crippen LogP contribution in [0.5, 0.6) is 0 Å². The molecule has 1 aliphatic carbocycles. The molecule has 0 unspecified atom stereocenters. The quantitative estimate of drug-likeness (QED) is 0.868. The molecule has 0 aromatic heterocycles. The molecule has 1 fully saturated rings. The highest BCUT2D eigenvalue weighted by atomic mass is 32.2. The number of sulfonamides is 1. The van der Waals surface area contributed by atoms with E-state index in [1.807, 2.05) is 0 Å². The topological polar surface area (TPSA) is 63.4 Å². The molecule has 0 atom stereocenters. The van der Waals surface area contributed by atoms with Gasteiger partial charge in [-0.2, -0.15) is 4.31 Å². The van der Waals surface area contributed by atoms with Crippen molar-refractivity contribution in [1.82, 2.24) is 4.31 Å². The Balaban J connectivity index is 2.18. The second-order valence-corrected chi connectivity index (χ2v) is 7.34. The summed E-state index contributed by atoms with van der Waals surface area (Å²) in [5.74, 6) is 5.65. The summed E-state index contributed by atoms with van der Waals surface area (Å²) in [7, 11) is -1.73. The van der Waals surface area contributed by atoms with E-state index in [-0.39, 0.29) is 6.04 Å². The molecular formula is C16H22N2O2S. The largest absolute Gasteiger partial charge is 0.320 e. The van der Waals surface area contributed by atoms with Gasteiger partial charge < -0.3 is 5.73 Å². The molecule has 0 heterocycles. The second kappa shape index (κ2) is 7.08. The lowest BCUT2D eigenvalue weighted by Crippen LogP contribution is -2.38. The van der Waals surface area contributed by atoms with E-state index < -0.39 is 10.0 Å². The highest BCUT2D eigenvalue weighted by molar-refractivity contribution is 7.89. The normalized spacial score (nSPS) is 16.5. The standard InChI is InChI=1S/C16H22N2O2S/c1-18(15-7-3-2-4-8-15)21(19,20)16-11-9-14(10-12-16)6-5-13-17/h9-12,15H,2-4,7-8,13,17H2,1H3. The van der Waals surface area contributed by atoms with Gasteiger partial charge in [0.05, 0.1) is 11.4 Å². The summed E-state index contributed by atoms with van der Waals surface area (Å²) in [4.78, 5) is 0.328. The maximum absolute atomic E-state index is 12.6. The van der Waals surface area contributed by atoms with E-state index in [4.69, 9.17) is 5.73 Å². The Kier molecular flexibility index (Phi) is 5.40. The van der Waals surface area contributed by atoms with E-state index in [0.717, 1.165) is 31.2 Å². The van der Waals surface area contributed by atoms with Gasteiger partial charge in [0, 0.05) is 18.7 Å². The van der Waals surface area contributed by atoms with Gasteiger partial charge in [0.2, 0.25) is 10.0 Å². The van der Waals surface area contributed by atoms with E-state index >= 15 is 0 Å². The fourth-order valence-electron chi connectivity index (χ4n) is 2.67. The fraction of sp³-hybridized carbons (Fsp3) is 0.500. The average Bonchev–Trinajstić information content (AvgIpc) is 2.53. The lowest BCUT2D eigenvalue weighted by molar-refractivity contribution is 0.286. The Morgan fingerprint density at radius 3 is 2.38 bits per heavy atom. The average molecular weight is 306 g/mol. The molecule has 1 saturated carbocycles. The molecule has 0 spiro atoms. The van der Waals surface area contributed by atoms with Gasteiger partial charge in [-0.05, 0) is 37.1 Å². The zero-order valence-electron chi connectivity index (χ0n) is 12.4. The monoisotopic (exact) mass is 306 g/mol. The van der Waals surface area contributed by atoms with Crippen molar-refractivity contribution in [2.45, 2.75) is 43.0 Å². The van der Waals surface area contributed by atoms with Crippen molar-refractivity contribution >= 4 is 10.0 Å². The van der Waals surface area contributed by atoms with Crippen molar-refractivity contribution in [1.29, 1.82) is 0 Å². The van der Waals surface area contributed by atoms with Gasteiger partial charge in [0.25, 0.3) is 0 Å². The van der Waals surface area contributed by atoms with Crippen LogP contribution in [0.2, 0.25) is 0 Å². The van der Waals surface area contributed by atoms with Crippen LogP contribution in [0, 0.1) is 11.8 Å². The summed E-state index contributed by atoms with van der Waals surface area (Å²) in [6.07, 6.45) is 5.33. The number of nitrogens with zero attached hydrogens (tertiary/aromatic N) is 1. The highest BCUT2D eigenvalue weighted by Gasteiger charge is 2.28. The first kappa shape index (κ1) is 16.0. The minimum atomic E-state index is -3.42. The first-order valence-corrected chi connectivity index (χ1v) is 8.77. The number of hydrogen-bond acceptors (Lipinski definition) is 3. The van der Waals surface area contributed by atoms with Gasteiger partial charge in [-0.25, -0.2) is 8.42 Å². The van der Waals surface area contributed by atoms with E-state index in [1.165, 1.54) is 10.7 Å². The van der Waals surface area contributed by atoms with E-state index in [2.05, 4.69) is 11.8 Å². The first-order chi connectivity index (χ1) is 10.1. The number of benzene rings is 1. The maximum Gasteiger partial charge on any atom is 0.243 e. The van der Waals surface area contributed by atoms with E-state index in [1.54, 1.807) is 31.3 Å². The van der Waals surface area contributed by atoms with Gasteiger partial charge in [0.15, 0.2) is 0 Å². The number of nitrogens with two attached hydrogens (primary N) is 1. The third-order valence-corrected chi connectivity index (χ3v) is 5.88. The van der Waals surface area contributed by atoms with Crippen LogP contribution >= 0.6 is 0 Å². The van der Waals surface area contributed by atoms with E-state index in [9.17, 15) is 8.42 Å². The van der Waals surface area contributed by atoms with Crippen molar-refractivity contribution in [3.63, 3.8) is 0 Å². The zero-order valence-corrected chi connectivity index (χ0v) is 13.2. The van der Waals surface area contributed by atoms with Gasteiger partial charge in [-0.1, -0.05) is 31.1 Å². The summed E-state index contributed by atoms with van der Waals surface area (Å²) >= 11 is 0. The van der Waals surface area contributed by atoms with Crippen molar-refractivity contribution in [2.75, 3.05) is 13.6 Å². The molecule has 21 heavy (non-hydrogen) atoms. The molecule has 114 valence electrons. The van der Waals surface area contributed by atoms with E-state index in [0.29, 0.717) is 11.4 Å². The van der Waals surface area contributed by atoms with Gasteiger partial charge >= 0.3 is 0 Å². The van der Waals surface area contributed by atoms with Crippen molar-refractivity contribution in [3.8, 4) is 11.8 Å². The Hall–Kier alpha value is -1.35. The Bertz CT molecular complexity index is 620. The Morgan fingerprint density at radius 2 is 1.81 bits per heavy atom. The smallest absolute Gasteiger partial charge is 0.243 e. The molecule has 1 aliphatic rings. The second-order valence-electron chi connectivity index (χ2n) is 5.34. The predicted octanol–water partition coefficient (Wildman–Crippen LogP) is 1.95. The Morgan fingerprint density at radius 1 is 1.19 bits per heavy atom. The van der Waals surface area contributed by atoms with Crippen LogP contribution in [-0.4, -0.2) is 32.4 Å². The number of hydrogen-bond donors (Lipinski definition) is 1. The molecule has 2 rings (SSSR count). The lowest BCUT2D eigenvalue weighted by Gasteiger charge is -2.30.